The van der Waals surface area contributed by atoms with Gasteiger partial charge in [0.1, 0.15) is 17.9 Å². The van der Waals surface area contributed by atoms with Gasteiger partial charge in [-0.25, -0.2) is 4.98 Å². The van der Waals surface area contributed by atoms with Crippen molar-refractivity contribution < 1.29 is 4.79 Å². The molecule has 1 aromatic carbocycles. The molecule has 6 heteroatoms. The highest BCUT2D eigenvalue weighted by Crippen LogP contribution is 2.24. The van der Waals surface area contributed by atoms with E-state index in [0.717, 1.165) is 5.56 Å². The summed E-state index contributed by atoms with van der Waals surface area (Å²) in [6.45, 7) is 2.76. The molecule has 24 heavy (non-hydrogen) atoms. The lowest BCUT2D eigenvalue weighted by Gasteiger charge is -2.38. The summed E-state index contributed by atoms with van der Waals surface area (Å²) in [5, 5.41) is 9.22. The first-order chi connectivity index (χ1) is 11.7. The first-order valence-electron chi connectivity index (χ1n) is 7.89. The molecule has 2 N–H and O–H groups in total. The predicted molar refractivity (Wildman–Crippen MR) is 91.1 cm³/mol. The van der Waals surface area contributed by atoms with Crippen LogP contribution in [0, 0.1) is 11.3 Å². The summed E-state index contributed by atoms with van der Waals surface area (Å²) in [5.74, 6) is 0.361. The van der Waals surface area contributed by atoms with E-state index in [0.29, 0.717) is 37.6 Å². The van der Waals surface area contributed by atoms with Crippen LogP contribution in [0.15, 0.2) is 48.7 Å². The highest BCUT2D eigenvalue weighted by Gasteiger charge is 2.29. The Morgan fingerprint density at radius 2 is 1.83 bits per heavy atom. The summed E-state index contributed by atoms with van der Waals surface area (Å²) in [6, 6.07) is 14.9. The van der Waals surface area contributed by atoms with Gasteiger partial charge in [-0.1, -0.05) is 30.3 Å². The van der Waals surface area contributed by atoms with Crippen LogP contribution in [0.2, 0.25) is 0 Å². The zero-order valence-electron chi connectivity index (χ0n) is 13.3. The van der Waals surface area contributed by atoms with Gasteiger partial charge in [0.2, 0.25) is 5.91 Å². The third-order valence-corrected chi connectivity index (χ3v) is 4.27. The normalized spacial score (nSPS) is 16.4. The monoisotopic (exact) mass is 321 g/mol. The van der Waals surface area contributed by atoms with Crippen molar-refractivity contribution in [1.29, 1.82) is 5.26 Å². The number of carbonyl (C=O) groups is 1. The van der Waals surface area contributed by atoms with Crippen LogP contribution in [-0.4, -0.2) is 42.0 Å². The molecule has 1 fully saturated rings. The molecular weight excluding hydrogens is 302 g/mol. The first-order valence-corrected chi connectivity index (χ1v) is 7.89. The molecule has 6 nitrogen and oxygen atoms in total. The van der Waals surface area contributed by atoms with Crippen LogP contribution in [0.5, 0.6) is 0 Å². The van der Waals surface area contributed by atoms with Crippen molar-refractivity contribution in [3.63, 3.8) is 0 Å². The molecule has 1 atom stereocenters. The Morgan fingerprint density at radius 1 is 1.12 bits per heavy atom. The number of hydrogen-bond acceptors (Lipinski definition) is 5. The average molecular weight is 321 g/mol. The zero-order chi connectivity index (χ0) is 16.9. The van der Waals surface area contributed by atoms with Crippen molar-refractivity contribution in [2.75, 3.05) is 31.1 Å². The Kier molecular flexibility index (Phi) is 4.73. The lowest BCUT2D eigenvalue weighted by Crippen LogP contribution is -2.50. The molecule has 2 heterocycles. The van der Waals surface area contributed by atoms with Crippen LogP contribution in [-0.2, 0) is 4.79 Å². The number of benzene rings is 1. The molecule has 1 aliphatic rings. The van der Waals surface area contributed by atoms with Crippen molar-refractivity contribution in [2.45, 2.75) is 6.04 Å². The number of rotatable bonds is 4. The minimum absolute atomic E-state index is 0.342. The van der Waals surface area contributed by atoms with E-state index in [9.17, 15) is 10.1 Å². The number of amides is 1. The maximum absolute atomic E-state index is 12.0. The maximum atomic E-state index is 12.0. The summed E-state index contributed by atoms with van der Waals surface area (Å²) in [5.41, 5.74) is 7.12. The molecule has 1 saturated heterocycles. The standard InChI is InChI=1S/C18H19N5O/c19-13-15-7-4-8-21-18(15)23-11-9-22(10-12-23)16(17(20)24)14-5-2-1-3-6-14/h1-8,16H,9-12H2,(H2,20,24)/t16-/m1/s1. The van der Waals surface area contributed by atoms with E-state index < -0.39 is 6.04 Å². The molecular formula is C18H19N5O. The van der Waals surface area contributed by atoms with E-state index in [1.807, 2.05) is 30.3 Å². The second kappa shape index (κ2) is 7.11. The van der Waals surface area contributed by atoms with Gasteiger partial charge in [-0.05, 0) is 17.7 Å². The Balaban J connectivity index is 1.74. The number of pyridine rings is 1. The van der Waals surface area contributed by atoms with Crippen LogP contribution in [0.25, 0.3) is 0 Å². The van der Waals surface area contributed by atoms with Gasteiger partial charge in [0, 0.05) is 32.4 Å². The number of aromatic nitrogens is 1. The van der Waals surface area contributed by atoms with Gasteiger partial charge in [-0.15, -0.1) is 0 Å². The molecule has 1 aromatic heterocycles. The number of anilines is 1. The van der Waals surface area contributed by atoms with Crippen molar-refractivity contribution in [2.24, 2.45) is 5.73 Å². The quantitative estimate of drug-likeness (QED) is 0.917. The largest absolute Gasteiger partial charge is 0.368 e. The van der Waals surface area contributed by atoms with Gasteiger partial charge in [0.15, 0.2) is 0 Å². The summed E-state index contributed by atoms with van der Waals surface area (Å²) < 4.78 is 0. The van der Waals surface area contributed by atoms with Crippen LogP contribution in [0.3, 0.4) is 0 Å². The van der Waals surface area contributed by atoms with Gasteiger partial charge in [0.25, 0.3) is 0 Å². The molecule has 0 unspecified atom stereocenters. The van der Waals surface area contributed by atoms with E-state index in [2.05, 4.69) is 20.9 Å². The SMILES string of the molecule is N#Cc1cccnc1N1CCN([C@@H](C(N)=O)c2ccccc2)CC1. The summed E-state index contributed by atoms with van der Waals surface area (Å²) in [6.07, 6.45) is 1.69. The molecule has 0 bridgehead atoms. The zero-order valence-corrected chi connectivity index (χ0v) is 13.3. The summed E-state index contributed by atoms with van der Waals surface area (Å²) in [4.78, 5) is 20.5. The van der Waals surface area contributed by atoms with Gasteiger partial charge in [0.05, 0.1) is 5.56 Å². The number of primary amides is 1. The predicted octanol–water partition coefficient (Wildman–Crippen LogP) is 1.30. The fourth-order valence-electron chi connectivity index (χ4n) is 3.12. The molecule has 1 aliphatic heterocycles. The number of nitrogens with two attached hydrogens (primary N) is 1. The van der Waals surface area contributed by atoms with Crippen molar-refractivity contribution in [1.82, 2.24) is 9.88 Å². The fourth-order valence-corrected chi connectivity index (χ4v) is 3.12. The van der Waals surface area contributed by atoms with E-state index in [1.54, 1.807) is 18.3 Å². The number of piperazine rings is 1. The molecule has 0 radical (unpaired) electrons. The number of carbonyl (C=O) groups excluding carboxylic acids is 1. The second-order valence-corrected chi connectivity index (χ2v) is 5.72. The summed E-state index contributed by atoms with van der Waals surface area (Å²) >= 11 is 0. The van der Waals surface area contributed by atoms with Gasteiger partial charge >= 0.3 is 0 Å². The summed E-state index contributed by atoms with van der Waals surface area (Å²) in [7, 11) is 0. The van der Waals surface area contributed by atoms with Gasteiger partial charge in [-0.2, -0.15) is 5.26 Å². The Hall–Kier alpha value is -2.91. The Labute approximate surface area is 141 Å². The van der Waals surface area contributed by atoms with Gasteiger partial charge < -0.3 is 10.6 Å². The Morgan fingerprint density at radius 3 is 2.46 bits per heavy atom. The second-order valence-electron chi connectivity index (χ2n) is 5.72. The van der Waals surface area contributed by atoms with Crippen molar-refractivity contribution in [3.8, 4) is 6.07 Å². The van der Waals surface area contributed by atoms with E-state index >= 15 is 0 Å². The molecule has 2 aromatic rings. The molecule has 0 spiro atoms. The molecule has 3 rings (SSSR count). The average Bonchev–Trinajstić information content (AvgIpc) is 2.63. The van der Waals surface area contributed by atoms with E-state index in [4.69, 9.17) is 5.73 Å². The van der Waals surface area contributed by atoms with E-state index in [1.165, 1.54) is 0 Å². The highest BCUT2D eigenvalue weighted by molar-refractivity contribution is 5.81. The lowest BCUT2D eigenvalue weighted by molar-refractivity contribution is -0.123. The third-order valence-electron chi connectivity index (χ3n) is 4.27. The van der Waals surface area contributed by atoms with E-state index in [-0.39, 0.29) is 5.91 Å². The first kappa shape index (κ1) is 16.0. The van der Waals surface area contributed by atoms with Crippen LogP contribution in [0.1, 0.15) is 17.2 Å². The van der Waals surface area contributed by atoms with Gasteiger partial charge in [-0.3, -0.25) is 9.69 Å². The fraction of sp³-hybridized carbons (Fsp3) is 0.278. The molecule has 0 aliphatic carbocycles. The maximum Gasteiger partial charge on any atom is 0.239 e. The van der Waals surface area contributed by atoms with Crippen molar-refractivity contribution in [3.05, 3.63) is 59.8 Å². The topological polar surface area (TPSA) is 86.2 Å². The highest BCUT2D eigenvalue weighted by atomic mass is 16.1. The molecule has 0 saturated carbocycles. The third kappa shape index (κ3) is 3.21. The van der Waals surface area contributed by atoms with Crippen molar-refractivity contribution >= 4 is 11.7 Å². The minimum atomic E-state index is -0.424. The number of hydrogen-bond donors (Lipinski definition) is 1. The van der Waals surface area contributed by atoms with Crippen LogP contribution in [0.4, 0.5) is 5.82 Å². The number of nitriles is 1. The molecule has 1 amide bonds. The van der Waals surface area contributed by atoms with Crippen LogP contribution >= 0.6 is 0 Å². The lowest BCUT2D eigenvalue weighted by atomic mass is 10.0. The minimum Gasteiger partial charge on any atom is -0.368 e. The molecule has 122 valence electrons. The Bertz CT molecular complexity index is 748. The smallest absolute Gasteiger partial charge is 0.239 e. The number of nitrogens with zero attached hydrogens (tertiary/aromatic N) is 4. The van der Waals surface area contributed by atoms with Crippen LogP contribution < -0.4 is 10.6 Å².